The summed E-state index contributed by atoms with van der Waals surface area (Å²) < 4.78 is 12.6. The third-order valence-corrected chi connectivity index (χ3v) is 4.40. The van der Waals surface area contributed by atoms with E-state index in [1.165, 1.54) is 0 Å². The van der Waals surface area contributed by atoms with Gasteiger partial charge in [0.25, 0.3) is 0 Å². The summed E-state index contributed by atoms with van der Waals surface area (Å²) in [7, 11) is 5.04. The molecule has 3 aromatic rings. The van der Waals surface area contributed by atoms with Crippen molar-refractivity contribution in [3.8, 4) is 11.5 Å². The van der Waals surface area contributed by atoms with Crippen LogP contribution in [-0.2, 0) is 12.8 Å². The maximum absolute atomic E-state index is 5.35. The predicted molar refractivity (Wildman–Crippen MR) is 109 cm³/mol. The van der Waals surface area contributed by atoms with Gasteiger partial charge in [-0.05, 0) is 36.2 Å². The van der Waals surface area contributed by atoms with E-state index in [1.54, 1.807) is 21.3 Å². The van der Waals surface area contributed by atoms with Crippen molar-refractivity contribution in [1.82, 2.24) is 25.2 Å². The van der Waals surface area contributed by atoms with Gasteiger partial charge in [0, 0.05) is 32.8 Å². The van der Waals surface area contributed by atoms with Crippen molar-refractivity contribution in [3.05, 3.63) is 54.0 Å². The molecule has 2 N–H and O–H groups in total. The molecule has 0 saturated heterocycles. The molecule has 0 amide bonds. The van der Waals surface area contributed by atoms with Crippen LogP contribution in [0.1, 0.15) is 11.4 Å². The van der Waals surface area contributed by atoms with Crippen molar-refractivity contribution in [2.75, 3.05) is 34.4 Å². The lowest BCUT2D eigenvalue weighted by molar-refractivity contribution is 0.354. The van der Waals surface area contributed by atoms with Gasteiger partial charge in [-0.15, -0.1) is 10.2 Å². The number of nitrogens with zero attached hydrogens (tertiary/aromatic N) is 4. The molecule has 8 nitrogen and oxygen atoms in total. The number of hydrogen-bond donors (Lipinski definition) is 2. The monoisotopic (exact) mass is 382 g/mol. The van der Waals surface area contributed by atoms with Crippen molar-refractivity contribution < 1.29 is 9.47 Å². The predicted octanol–water partition coefficient (Wildman–Crippen LogP) is 1.70. The van der Waals surface area contributed by atoms with Crippen LogP contribution in [0.4, 0.5) is 0 Å². The van der Waals surface area contributed by atoms with E-state index in [1.807, 2.05) is 47.0 Å². The van der Waals surface area contributed by atoms with Gasteiger partial charge < -0.3 is 20.1 Å². The average Bonchev–Trinajstić information content (AvgIpc) is 3.15. The third kappa shape index (κ3) is 4.70. The number of guanidine groups is 1. The fraction of sp³-hybridized carbons (Fsp3) is 0.350. The Morgan fingerprint density at radius 1 is 1.00 bits per heavy atom. The zero-order chi connectivity index (χ0) is 19.8. The highest BCUT2D eigenvalue weighted by Crippen LogP contribution is 2.27. The van der Waals surface area contributed by atoms with E-state index in [2.05, 4.69) is 25.8 Å². The number of fused-ring (bicyclic) bond motifs is 1. The minimum atomic E-state index is 0.714. The number of nitrogens with one attached hydrogen (secondary N) is 2. The summed E-state index contributed by atoms with van der Waals surface area (Å²) in [6.07, 6.45) is 3.57. The summed E-state index contributed by atoms with van der Waals surface area (Å²) in [4.78, 5) is 4.27. The molecule has 1 aromatic carbocycles. The Labute approximate surface area is 164 Å². The van der Waals surface area contributed by atoms with Gasteiger partial charge in [0.05, 0.1) is 14.2 Å². The first-order valence-corrected chi connectivity index (χ1v) is 9.19. The molecular formula is C20H26N6O2. The molecule has 0 spiro atoms. The van der Waals surface area contributed by atoms with E-state index >= 15 is 0 Å². The minimum absolute atomic E-state index is 0.714. The van der Waals surface area contributed by atoms with E-state index in [0.717, 1.165) is 53.9 Å². The molecule has 28 heavy (non-hydrogen) atoms. The zero-order valence-corrected chi connectivity index (χ0v) is 16.5. The second-order valence-electron chi connectivity index (χ2n) is 6.16. The second kappa shape index (κ2) is 9.59. The smallest absolute Gasteiger partial charge is 0.191 e. The van der Waals surface area contributed by atoms with Gasteiger partial charge in [0.15, 0.2) is 23.1 Å². The maximum atomic E-state index is 5.35. The molecule has 2 heterocycles. The third-order valence-electron chi connectivity index (χ3n) is 4.40. The van der Waals surface area contributed by atoms with Crippen LogP contribution in [0.25, 0.3) is 5.65 Å². The topological polar surface area (TPSA) is 85.1 Å². The normalized spacial score (nSPS) is 11.5. The SMILES string of the molecule is CN=C(NCCc1ccc(OC)c(OC)c1)NCCc1nnc2ccccn12. The Kier molecular flexibility index (Phi) is 6.67. The van der Waals surface area contributed by atoms with E-state index in [4.69, 9.17) is 9.47 Å². The summed E-state index contributed by atoms with van der Waals surface area (Å²) in [5, 5.41) is 15.0. The molecule has 0 unspecified atom stereocenters. The van der Waals surface area contributed by atoms with Crippen molar-refractivity contribution in [3.63, 3.8) is 0 Å². The summed E-state index contributed by atoms with van der Waals surface area (Å²) in [5.41, 5.74) is 2.02. The molecular weight excluding hydrogens is 356 g/mol. The van der Waals surface area contributed by atoms with E-state index in [9.17, 15) is 0 Å². The molecule has 0 radical (unpaired) electrons. The first kappa shape index (κ1) is 19.5. The van der Waals surface area contributed by atoms with Crippen LogP contribution in [-0.4, -0.2) is 54.9 Å². The van der Waals surface area contributed by atoms with Gasteiger partial charge in [0.2, 0.25) is 0 Å². The van der Waals surface area contributed by atoms with Crippen molar-refractivity contribution in [2.24, 2.45) is 4.99 Å². The van der Waals surface area contributed by atoms with Gasteiger partial charge in [0.1, 0.15) is 5.82 Å². The van der Waals surface area contributed by atoms with E-state index in [-0.39, 0.29) is 0 Å². The summed E-state index contributed by atoms with van der Waals surface area (Å²) >= 11 is 0. The van der Waals surface area contributed by atoms with Crippen molar-refractivity contribution in [2.45, 2.75) is 12.8 Å². The zero-order valence-electron chi connectivity index (χ0n) is 16.5. The minimum Gasteiger partial charge on any atom is -0.493 e. The largest absolute Gasteiger partial charge is 0.493 e. The molecule has 0 aliphatic rings. The first-order chi connectivity index (χ1) is 13.7. The molecule has 0 aliphatic carbocycles. The molecule has 0 saturated carbocycles. The summed E-state index contributed by atoms with van der Waals surface area (Å²) in [5.74, 6) is 3.15. The molecule has 148 valence electrons. The Hall–Kier alpha value is -3.29. The van der Waals surface area contributed by atoms with Gasteiger partial charge >= 0.3 is 0 Å². The molecule has 0 aliphatic heterocycles. The van der Waals surface area contributed by atoms with Crippen LogP contribution in [0.2, 0.25) is 0 Å². The van der Waals surface area contributed by atoms with Crippen LogP contribution < -0.4 is 20.1 Å². The van der Waals surface area contributed by atoms with Crippen LogP contribution in [0, 0.1) is 0 Å². The number of ether oxygens (including phenoxy) is 2. The van der Waals surface area contributed by atoms with Crippen molar-refractivity contribution in [1.29, 1.82) is 0 Å². The number of rotatable bonds is 8. The standard InChI is InChI=1S/C20H26N6O2/c1-21-20(22-11-9-15-7-8-16(27-2)17(14-15)28-3)23-12-10-19-25-24-18-6-4-5-13-26(18)19/h4-8,13-14H,9-12H2,1-3H3,(H2,21,22,23). The maximum Gasteiger partial charge on any atom is 0.191 e. The molecule has 3 rings (SSSR count). The number of pyridine rings is 1. The Morgan fingerprint density at radius 2 is 1.79 bits per heavy atom. The van der Waals surface area contributed by atoms with Gasteiger partial charge in [-0.3, -0.25) is 9.39 Å². The van der Waals surface area contributed by atoms with E-state index < -0.39 is 0 Å². The number of aliphatic imine (C=N–C) groups is 1. The van der Waals surface area contributed by atoms with Crippen LogP contribution in [0.5, 0.6) is 11.5 Å². The number of benzene rings is 1. The first-order valence-electron chi connectivity index (χ1n) is 9.19. The quantitative estimate of drug-likeness (QED) is 0.456. The molecule has 8 heteroatoms. The summed E-state index contributed by atoms with van der Waals surface area (Å²) in [6.45, 7) is 1.47. The highest BCUT2D eigenvalue weighted by atomic mass is 16.5. The number of methoxy groups -OCH3 is 2. The highest BCUT2D eigenvalue weighted by Gasteiger charge is 2.06. The van der Waals surface area contributed by atoms with Crippen molar-refractivity contribution >= 4 is 11.6 Å². The average molecular weight is 382 g/mol. The molecule has 0 atom stereocenters. The van der Waals surface area contributed by atoms with Crippen LogP contribution >= 0.6 is 0 Å². The van der Waals surface area contributed by atoms with Gasteiger partial charge in [-0.2, -0.15) is 0 Å². The fourth-order valence-corrected chi connectivity index (χ4v) is 2.94. The number of hydrogen-bond acceptors (Lipinski definition) is 5. The second-order valence-corrected chi connectivity index (χ2v) is 6.16. The lowest BCUT2D eigenvalue weighted by Gasteiger charge is -2.13. The van der Waals surface area contributed by atoms with Gasteiger partial charge in [-0.25, -0.2) is 0 Å². The lowest BCUT2D eigenvalue weighted by atomic mass is 10.1. The Morgan fingerprint density at radius 3 is 2.54 bits per heavy atom. The number of aromatic nitrogens is 3. The fourth-order valence-electron chi connectivity index (χ4n) is 2.94. The van der Waals surface area contributed by atoms with Crippen LogP contribution in [0.3, 0.4) is 0 Å². The van der Waals surface area contributed by atoms with Crippen LogP contribution in [0.15, 0.2) is 47.6 Å². The summed E-state index contributed by atoms with van der Waals surface area (Å²) in [6, 6.07) is 11.8. The molecule has 2 aromatic heterocycles. The molecule has 0 bridgehead atoms. The Balaban J connectivity index is 1.46. The van der Waals surface area contributed by atoms with E-state index in [0.29, 0.717) is 6.54 Å². The lowest BCUT2D eigenvalue weighted by Crippen LogP contribution is -2.39. The highest BCUT2D eigenvalue weighted by molar-refractivity contribution is 5.79. The van der Waals surface area contributed by atoms with Gasteiger partial charge in [-0.1, -0.05) is 12.1 Å². The molecule has 0 fully saturated rings. The Bertz CT molecular complexity index is 937.